The fourth-order valence-corrected chi connectivity index (χ4v) is 4.07. The number of rotatable bonds is 4. The van der Waals surface area contributed by atoms with Gasteiger partial charge in [-0.3, -0.25) is 9.69 Å². The molecule has 9 nitrogen and oxygen atoms in total. The number of benzene rings is 1. The summed E-state index contributed by atoms with van der Waals surface area (Å²) in [6, 6.07) is 6.79. The van der Waals surface area contributed by atoms with Gasteiger partial charge in [-0.25, -0.2) is 18.9 Å². The summed E-state index contributed by atoms with van der Waals surface area (Å²) in [5.74, 6) is -1.24. The van der Waals surface area contributed by atoms with E-state index >= 15 is 4.39 Å². The fraction of sp³-hybridized carbons (Fsp3) is 0.609. The number of alkyl halides is 1. The molecule has 1 aromatic carbocycles. The monoisotopic (exact) mass is 466 g/mol. The third-order valence-corrected chi connectivity index (χ3v) is 5.67. The predicted octanol–water partition coefficient (Wildman–Crippen LogP) is 3.17. The lowest BCUT2D eigenvalue weighted by atomic mass is 10.0. The average molecular weight is 467 g/mol. The summed E-state index contributed by atoms with van der Waals surface area (Å²) in [5, 5.41) is 10.7. The Kier molecular flexibility index (Phi) is 6.72. The van der Waals surface area contributed by atoms with Crippen molar-refractivity contribution >= 4 is 18.1 Å². The lowest BCUT2D eigenvalue weighted by Gasteiger charge is -2.37. The highest BCUT2D eigenvalue weighted by molar-refractivity contribution is 5.96. The summed E-state index contributed by atoms with van der Waals surface area (Å²) in [4.78, 5) is 39.9. The van der Waals surface area contributed by atoms with Crippen molar-refractivity contribution in [2.45, 2.75) is 83.3 Å². The molecule has 0 unspecified atom stereocenters. The van der Waals surface area contributed by atoms with Gasteiger partial charge in [0.05, 0.1) is 18.7 Å². The van der Waals surface area contributed by atoms with E-state index in [2.05, 4.69) is 0 Å². The van der Waals surface area contributed by atoms with Crippen LogP contribution < -0.4 is 0 Å². The van der Waals surface area contributed by atoms with Crippen molar-refractivity contribution in [3.63, 3.8) is 0 Å². The van der Waals surface area contributed by atoms with Gasteiger partial charge in [-0.1, -0.05) is 30.3 Å². The number of carbonyl (C=O) groups is 3. The Labute approximate surface area is 192 Å². The molecule has 2 heterocycles. The molecule has 0 aromatic heterocycles. The van der Waals surface area contributed by atoms with Crippen molar-refractivity contribution < 1.29 is 38.1 Å². The molecule has 2 aliphatic rings. The number of cyclic esters (lactones) is 1. The molecule has 1 N–H and O–H groups in total. The Morgan fingerprint density at radius 1 is 1.24 bits per heavy atom. The predicted molar refractivity (Wildman–Crippen MR) is 115 cm³/mol. The number of carbonyl (C=O) groups excluding carboxylic acids is 3. The number of aliphatic hydroxyl groups excluding tert-OH is 1. The molecule has 3 amide bonds. The van der Waals surface area contributed by atoms with Gasteiger partial charge in [-0.05, 0) is 47.1 Å². The van der Waals surface area contributed by atoms with Crippen LogP contribution >= 0.6 is 0 Å². The second-order valence-electron chi connectivity index (χ2n) is 9.73. The number of hydrogen-bond donors (Lipinski definition) is 1. The van der Waals surface area contributed by atoms with Gasteiger partial charge in [-0.2, -0.15) is 0 Å². The van der Waals surface area contributed by atoms with Crippen molar-refractivity contribution in [1.29, 1.82) is 0 Å². The minimum atomic E-state index is -2.50. The maximum absolute atomic E-state index is 15.3. The van der Waals surface area contributed by atoms with Gasteiger partial charge in [0.2, 0.25) is 6.17 Å². The Hall–Kier alpha value is -2.72. The van der Waals surface area contributed by atoms with Crippen LogP contribution in [0.15, 0.2) is 30.3 Å². The van der Waals surface area contributed by atoms with Gasteiger partial charge < -0.3 is 19.3 Å². The Balaban J connectivity index is 1.78. The van der Waals surface area contributed by atoms with Gasteiger partial charge in [0.25, 0.3) is 5.91 Å². The van der Waals surface area contributed by atoms with Crippen LogP contribution in [0, 0.1) is 0 Å². The number of aliphatic hydroxyl groups is 1. The molecule has 33 heavy (non-hydrogen) atoms. The number of imide groups is 1. The lowest BCUT2D eigenvalue weighted by Crippen LogP contribution is -2.57. The molecule has 1 aromatic rings. The van der Waals surface area contributed by atoms with E-state index in [1.807, 2.05) is 0 Å². The van der Waals surface area contributed by atoms with Crippen molar-refractivity contribution in [2.24, 2.45) is 0 Å². The molecule has 0 spiro atoms. The van der Waals surface area contributed by atoms with E-state index in [0.717, 1.165) is 4.90 Å². The highest BCUT2D eigenvalue weighted by Gasteiger charge is 2.53. The zero-order valence-electron chi connectivity index (χ0n) is 19.6. The smallest absolute Gasteiger partial charge is 0.417 e. The quantitative estimate of drug-likeness (QED) is 0.727. The molecule has 3 rings (SSSR count). The van der Waals surface area contributed by atoms with Crippen LogP contribution in [0.2, 0.25) is 0 Å². The zero-order chi connectivity index (χ0) is 24.7. The summed E-state index contributed by atoms with van der Waals surface area (Å²) in [6.45, 7) is 9.51. The minimum Gasteiger partial charge on any atom is -0.444 e. The van der Waals surface area contributed by atoms with Gasteiger partial charge in [0.1, 0.15) is 23.5 Å². The van der Waals surface area contributed by atoms with Crippen molar-refractivity contribution in [2.75, 3.05) is 6.61 Å². The van der Waals surface area contributed by atoms with Gasteiger partial charge in [-0.15, -0.1) is 0 Å². The summed E-state index contributed by atoms with van der Waals surface area (Å²) >= 11 is 0. The number of ether oxygens (including phenoxy) is 3. The fourth-order valence-electron chi connectivity index (χ4n) is 4.07. The molecule has 182 valence electrons. The molecule has 0 saturated carbocycles. The van der Waals surface area contributed by atoms with Gasteiger partial charge >= 0.3 is 12.2 Å². The summed E-state index contributed by atoms with van der Waals surface area (Å²) < 4.78 is 31.6. The zero-order valence-corrected chi connectivity index (χ0v) is 19.6. The number of halogens is 1. The Morgan fingerprint density at radius 3 is 2.42 bits per heavy atom. The van der Waals surface area contributed by atoms with E-state index in [1.165, 1.54) is 0 Å². The second-order valence-corrected chi connectivity index (χ2v) is 9.73. The molecular formula is C23H31FN2O7. The normalized spacial score (nSPS) is 26.7. The molecule has 2 saturated heterocycles. The first kappa shape index (κ1) is 24.9. The molecular weight excluding hydrogens is 435 g/mol. The average Bonchev–Trinajstić information content (AvgIpc) is 3.20. The van der Waals surface area contributed by atoms with E-state index in [4.69, 9.17) is 14.2 Å². The standard InChI is InChI=1S/C23H31FN2O7/c1-13-18(14-10-8-7-9-11-14)32-20(29)25(13)19(28)16(24)17(27)15-12-31-23(5,6)26(15)21(30)33-22(2,3)4/h7-11,13,15-18,27H,12H2,1-6H3/t13-,15+,16-,17+,18-/m0/s1. The first-order valence-corrected chi connectivity index (χ1v) is 10.8. The van der Waals surface area contributed by atoms with Crippen LogP contribution in [0.3, 0.4) is 0 Å². The van der Waals surface area contributed by atoms with Gasteiger partial charge in [0.15, 0.2) is 0 Å². The van der Waals surface area contributed by atoms with E-state index in [0.29, 0.717) is 10.5 Å². The largest absolute Gasteiger partial charge is 0.444 e. The lowest BCUT2D eigenvalue weighted by molar-refractivity contribution is -0.140. The number of hydrogen-bond acceptors (Lipinski definition) is 7. The van der Waals surface area contributed by atoms with E-state index in [9.17, 15) is 19.5 Å². The van der Waals surface area contributed by atoms with Crippen molar-refractivity contribution in [3.05, 3.63) is 35.9 Å². The maximum Gasteiger partial charge on any atom is 0.417 e. The van der Waals surface area contributed by atoms with E-state index in [-0.39, 0.29) is 6.61 Å². The summed E-state index contributed by atoms with van der Waals surface area (Å²) in [5.41, 5.74) is -1.38. The molecule has 2 aliphatic heterocycles. The maximum atomic E-state index is 15.3. The van der Waals surface area contributed by atoms with Crippen LogP contribution in [0.5, 0.6) is 0 Å². The SMILES string of the molecule is C[C@H]1[C@@H](c2ccccc2)OC(=O)N1C(=O)[C@@H](F)[C@H](O)[C@H]1COC(C)(C)N1C(=O)OC(C)(C)C. The van der Waals surface area contributed by atoms with Crippen LogP contribution in [-0.4, -0.2) is 75.3 Å². The summed E-state index contributed by atoms with van der Waals surface area (Å²) in [6.07, 6.45) is -7.03. The van der Waals surface area contributed by atoms with Crippen LogP contribution in [0.1, 0.15) is 53.2 Å². The topological polar surface area (TPSA) is 106 Å². The second kappa shape index (κ2) is 8.90. The van der Waals surface area contributed by atoms with Crippen molar-refractivity contribution in [1.82, 2.24) is 9.80 Å². The molecule has 0 radical (unpaired) electrons. The number of nitrogens with zero attached hydrogens (tertiary/aromatic N) is 2. The first-order valence-electron chi connectivity index (χ1n) is 10.8. The van der Waals surface area contributed by atoms with Crippen LogP contribution in [0.25, 0.3) is 0 Å². The highest BCUT2D eigenvalue weighted by atomic mass is 19.1. The van der Waals surface area contributed by atoms with E-state index in [1.54, 1.807) is 71.9 Å². The third-order valence-electron chi connectivity index (χ3n) is 5.67. The van der Waals surface area contributed by atoms with Crippen LogP contribution in [-0.2, 0) is 19.0 Å². The van der Waals surface area contributed by atoms with Crippen LogP contribution in [0.4, 0.5) is 14.0 Å². The highest BCUT2D eigenvalue weighted by Crippen LogP contribution is 2.35. The Morgan fingerprint density at radius 2 is 1.85 bits per heavy atom. The van der Waals surface area contributed by atoms with Crippen molar-refractivity contribution in [3.8, 4) is 0 Å². The molecule has 10 heteroatoms. The molecule has 5 atom stereocenters. The summed E-state index contributed by atoms with van der Waals surface area (Å²) in [7, 11) is 0. The molecule has 0 aliphatic carbocycles. The number of amides is 3. The molecule has 2 fully saturated rings. The first-order chi connectivity index (χ1) is 15.2. The molecule has 0 bridgehead atoms. The van der Waals surface area contributed by atoms with Gasteiger partial charge in [0, 0.05) is 0 Å². The third kappa shape index (κ3) is 4.96. The van der Waals surface area contributed by atoms with E-state index < -0.39 is 59.9 Å². The minimum absolute atomic E-state index is 0.215. The Bertz CT molecular complexity index is 902.